The first-order valence-electron chi connectivity index (χ1n) is 8.59. The summed E-state index contributed by atoms with van der Waals surface area (Å²) >= 11 is 0. The van der Waals surface area contributed by atoms with Gasteiger partial charge in [0, 0.05) is 0 Å². The Labute approximate surface area is 161 Å². The van der Waals surface area contributed by atoms with Gasteiger partial charge >= 0.3 is 5.95 Å². The Bertz CT molecular complexity index is 775. The van der Waals surface area contributed by atoms with E-state index in [4.69, 9.17) is 19.6 Å². The van der Waals surface area contributed by atoms with E-state index >= 15 is 0 Å². The number of anilines is 1. The number of halogens is 1. The number of fused-ring (bicyclic) bond motifs is 3. The molecule has 0 unspecified atom stereocenters. The van der Waals surface area contributed by atoms with E-state index in [0.717, 1.165) is 0 Å². The van der Waals surface area contributed by atoms with Crippen molar-refractivity contribution in [3.63, 3.8) is 0 Å². The van der Waals surface area contributed by atoms with Gasteiger partial charge in [-0.25, -0.2) is 4.98 Å². The molecule has 26 heavy (non-hydrogen) atoms. The maximum Gasteiger partial charge on any atom is 0.394 e. The third-order valence-corrected chi connectivity index (χ3v) is 9.57. The number of hydrogen-bond donors (Lipinski definition) is 1. The van der Waals surface area contributed by atoms with Crippen LogP contribution in [0.15, 0.2) is 6.33 Å². The van der Waals surface area contributed by atoms with Crippen LogP contribution in [0.5, 0.6) is 5.88 Å². The second-order valence-corrected chi connectivity index (χ2v) is 12.6. The first-order chi connectivity index (χ1) is 11.7. The fourth-order valence-electron chi connectivity index (χ4n) is 2.47. The molecular weight excluding hydrogens is 374 g/mol. The van der Waals surface area contributed by atoms with E-state index in [9.17, 15) is 0 Å². The minimum atomic E-state index is -1.73. The van der Waals surface area contributed by atoms with Crippen molar-refractivity contribution >= 4 is 25.4 Å². The highest BCUT2D eigenvalue weighted by molar-refractivity contribution is 6.74. The molecule has 0 bridgehead atoms. The van der Waals surface area contributed by atoms with Crippen molar-refractivity contribution in [3.8, 4) is 5.88 Å². The fraction of sp³-hybridized carbons (Fsp3) is 0.688. The summed E-state index contributed by atoms with van der Waals surface area (Å²) in [6.45, 7) is 13.9. The molecule has 0 saturated heterocycles. The average Bonchev–Trinajstić information content (AvgIpc) is 3.13. The monoisotopic (exact) mass is 401 g/mol. The van der Waals surface area contributed by atoms with E-state index in [1.807, 2.05) is 9.13 Å². The fourth-order valence-corrected chi connectivity index (χ4v) is 3.50. The summed E-state index contributed by atoms with van der Waals surface area (Å²) in [5.74, 6) is 1.12. The molecule has 0 fully saturated rings. The highest BCUT2D eigenvalue weighted by Gasteiger charge is 2.36. The Morgan fingerprint density at radius 3 is 2.77 bits per heavy atom. The van der Waals surface area contributed by atoms with E-state index in [1.165, 1.54) is 0 Å². The second-order valence-electron chi connectivity index (χ2n) is 7.81. The Morgan fingerprint density at radius 2 is 2.08 bits per heavy atom. The zero-order valence-electron chi connectivity index (χ0n) is 16.1. The molecule has 0 spiro atoms. The molecule has 0 saturated carbocycles. The smallest absolute Gasteiger partial charge is 0.394 e. The summed E-state index contributed by atoms with van der Waals surface area (Å²) in [5.41, 5.74) is 7.40. The lowest BCUT2D eigenvalue weighted by molar-refractivity contribution is -0.666. The van der Waals surface area contributed by atoms with Gasteiger partial charge in [-0.2, -0.15) is 4.57 Å². The van der Waals surface area contributed by atoms with E-state index in [-0.39, 0.29) is 17.4 Å². The van der Waals surface area contributed by atoms with Gasteiger partial charge in [0.1, 0.15) is 26.2 Å². The highest BCUT2D eigenvalue weighted by Crippen LogP contribution is 2.36. The standard InChI is InChI=1S/C16H27N5O3Si.ClH/c1-16(2,3)25(4,5)24-9-8-22-11-20-10-18-12-13(20)19-15(17)21-6-7-23-14(12)21;/h10,17H,6-9,11H2,1-5H3;1H. The van der Waals surface area contributed by atoms with Crippen LogP contribution in [0, 0.1) is 0 Å². The minimum Gasteiger partial charge on any atom is -1.00 e. The van der Waals surface area contributed by atoms with Crippen LogP contribution in [-0.4, -0.2) is 42.7 Å². The quantitative estimate of drug-likeness (QED) is 0.367. The van der Waals surface area contributed by atoms with Crippen LogP contribution in [-0.2, 0) is 22.4 Å². The number of aromatic nitrogens is 4. The molecule has 0 amide bonds. The predicted octanol–water partition coefficient (Wildman–Crippen LogP) is -1.31. The Balaban J connectivity index is 0.00000243. The van der Waals surface area contributed by atoms with Gasteiger partial charge in [0.15, 0.2) is 8.32 Å². The number of nitrogens with two attached hydrogens (primary N) is 1. The predicted molar refractivity (Wildman–Crippen MR) is 96.7 cm³/mol. The van der Waals surface area contributed by atoms with Crippen LogP contribution in [0.3, 0.4) is 0 Å². The SMILES string of the molecule is CC(C)(C)[Si](C)(C)OCCOCn1cnc2c3[n+](c(N)nc21)CCO3.[Cl-]. The maximum atomic E-state index is 6.11. The van der Waals surface area contributed by atoms with Crippen LogP contribution in [0.1, 0.15) is 20.8 Å². The average molecular weight is 402 g/mol. The third kappa shape index (κ3) is 3.95. The number of nitrogens with zero attached hydrogens (tertiary/aromatic N) is 4. The molecule has 0 atom stereocenters. The van der Waals surface area contributed by atoms with Crippen molar-refractivity contribution in [2.45, 2.75) is 52.2 Å². The molecule has 3 rings (SSSR count). The molecule has 2 N–H and O–H groups in total. The number of hydrogen-bond acceptors (Lipinski definition) is 6. The lowest BCUT2D eigenvalue weighted by Gasteiger charge is -2.36. The van der Waals surface area contributed by atoms with Gasteiger partial charge < -0.3 is 26.3 Å². The van der Waals surface area contributed by atoms with Crippen molar-refractivity contribution in [2.75, 3.05) is 25.6 Å². The normalized spacial score (nSPS) is 14.2. The first kappa shape index (κ1) is 20.9. The van der Waals surface area contributed by atoms with Crippen LogP contribution >= 0.6 is 0 Å². The van der Waals surface area contributed by atoms with Crippen LogP contribution in [0.2, 0.25) is 18.1 Å². The molecule has 1 aliphatic rings. The van der Waals surface area contributed by atoms with Crippen molar-refractivity contribution < 1.29 is 30.9 Å². The lowest BCUT2D eigenvalue weighted by atomic mass is 10.2. The summed E-state index contributed by atoms with van der Waals surface area (Å²) < 4.78 is 21.2. The van der Waals surface area contributed by atoms with Crippen molar-refractivity contribution in [2.24, 2.45) is 0 Å². The topological polar surface area (TPSA) is 88.3 Å². The molecule has 2 aromatic heterocycles. The minimum absolute atomic E-state index is 0. The van der Waals surface area contributed by atoms with Gasteiger partial charge in [0.2, 0.25) is 11.2 Å². The summed E-state index contributed by atoms with van der Waals surface area (Å²) in [6.07, 6.45) is 1.70. The van der Waals surface area contributed by atoms with Gasteiger partial charge in [-0.15, -0.1) is 0 Å². The van der Waals surface area contributed by atoms with E-state index < -0.39 is 8.32 Å². The van der Waals surface area contributed by atoms with Crippen LogP contribution < -0.4 is 27.4 Å². The van der Waals surface area contributed by atoms with Crippen LogP contribution in [0.25, 0.3) is 11.2 Å². The zero-order valence-corrected chi connectivity index (χ0v) is 17.8. The van der Waals surface area contributed by atoms with Gasteiger partial charge in [-0.05, 0) is 18.1 Å². The summed E-state index contributed by atoms with van der Waals surface area (Å²) in [5, 5.41) is 0.201. The van der Waals surface area contributed by atoms with Crippen molar-refractivity contribution in [1.82, 2.24) is 14.5 Å². The van der Waals surface area contributed by atoms with Crippen molar-refractivity contribution in [1.29, 1.82) is 0 Å². The molecule has 0 radical (unpaired) electrons. The second kappa shape index (κ2) is 7.67. The number of nitrogen functional groups attached to an aromatic ring is 1. The number of ether oxygens (including phenoxy) is 2. The van der Waals surface area contributed by atoms with E-state index in [1.54, 1.807) is 6.33 Å². The van der Waals surface area contributed by atoms with Gasteiger partial charge in [0.25, 0.3) is 5.88 Å². The van der Waals surface area contributed by atoms with Gasteiger partial charge in [-0.3, -0.25) is 10.3 Å². The molecule has 146 valence electrons. The molecule has 2 aromatic rings. The largest absolute Gasteiger partial charge is 1.00 e. The van der Waals surface area contributed by atoms with Crippen molar-refractivity contribution in [3.05, 3.63) is 6.33 Å². The van der Waals surface area contributed by atoms with Gasteiger partial charge in [-0.1, -0.05) is 25.8 Å². The van der Waals surface area contributed by atoms with Crippen LogP contribution in [0.4, 0.5) is 5.95 Å². The first-order valence-corrected chi connectivity index (χ1v) is 11.5. The Hall–Kier alpha value is -1.42. The summed E-state index contributed by atoms with van der Waals surface area (Å²) in [7, 11) is -1.73. The van der Waals surface area contributed by atoms with E-state index in [0.29, 0.717) is 56.1 Å². The third-order valence-electron chi connectivity index (χ3n) is 5.04. The molecule has 1 aliphatic heterocycles. The molecule has 3 heterocycles. The molecular formula is C16H28ClN5O3Si. The Morgan fingerprint density at radius 1 is 1.35 bits per heavy atom. The van der Waals surface area contributed by atoms with E-state index in [2.05, 4.69) is 43.8 Å². The Kier molecular flexibility index (Phi) is 6.16. The number of imidazole rings is 1. The lowest BCUT2D eigenvalue weighted by Crippen LogP contribution is -3.00. The number of rotatable bonds is 6. The zero-order chi connectivity index (χ0) is 18.2. The summed E-state index contributed by atoms with van der Waals surface area (Å²) in [4.78, 5) is 8.83. The molecule has 0 aromatic carbocycles. The highest BCUT2D eigenvalue weighted by atomic mass is 35.5. The molecule has 8 nitrogen and oxygen atoms in total. The maximum absolute atomic E-state index is 6.11. The molecule has 0 aliphatic carbocycles. The molecule has 10 heteroatoms. The summed E-state index contributed by atoms with van der Waals surface area (Å²) in [6, 6.07) is 0. The van der Waals surface area contributed by atoms with Gasteiger partial charge in [0.05, 0.1) is 13.2 Å².